The number of nitrogens with zero attached hydrogens (tertiary/aromatic N) is 1. The maximum Gasteiger partial charge on any atom is 0.231 e. The van der Waals surface area contributed by atoms with Crippen molar-refractivity contribution in [2.45, 2.75) is 25.8 Å². The number of carbonyl (C=O) groups is 2. The second kappa shape index (κ2) is 5.84. The smallest absolute Gasteiger partial charge is 0.231 e. The van der Waals surface area contributed by atoms with Crippen LogP contribution in [-0.2, 0) is 22.6 Å². The molecule has 5 nitrogen and oxygen atoms in total. The number of fused-ring (bicyclic) bond motifs is 1. The van der Waals surface area contributed by atoms with E-state index in [-0.39, 0.29) is 11.8 Å². The Labute approximate surface area is 112 Å². The van der Waals surface area contributed by atoms with Crippen molar-refractivity contribution in [3.05, 3.63) is 29.3 Å². The van der Waals surface area contributed by atoms with E-state index in [1.807, 2.05) is 18.2 Å². The lowest BCUT2D eigenvalue weighted by Crippen LogP contribution is -2.23. The van der Waals surface area contributed by atoms with E-state index in [4.69, 9.17) is 5.73 Å². The molecule has 0 fully saturated rings. The molecule has 0 atom stereocenters. The van der Waals surface area contributed by atoms with Crippen LogP contribution in [0.15, 0.2) is 18.2 Å². The first-order valence-electron chi connectivity index (χ1n) is 6.47. The summed E-state index contributed by atoms with van der Waals surface area (Å²) in [6.07, 6.45) is 1.61. The van der Waals surface area contributed by atoms with Gasteiger partial charge in [0.1, 0.15) is 0 Å². The Kier molecular flexibility index (Phi) is 4.16. The van der Waals surface area contributed by atoms with E-state index in [0.29, 0.717) is 32.4 Å². The van der Waals surface area contributed by atoms with E-state index in [9.17, 15) is 9.59 Å². The normalized spacial score (nSPS) is 13.6. The van der Waals surface area contributed by atoms with Crippen LogP contribution in [-0.4, -0.2) is 25.4 Å². The Morgan fingerprint density at radius 3 is 3.00 bits per heavy atom. The maximum absolute atomic E-state index is 11.6. The lowest BCUT2D eigenvalue weighted by atomic mass is 10.1. The van der Waals surface area contributed by atoms with E-state index < -0.39 is 0 Å². The van der Waals surface area contributed by atoms with Crippen LogP contribution in [0.2, 0.25) is 0 Å². The summed E-state index contributed by atoms with van der Waals surface area (Å²) in [6.45, 7) is 1.02. The predicted octanol–water partition coefficient (Wildman–Crippen LogP) is 0.561. The number of amides is 2. The zero-order chi connectivity index (χ0) is 13.8. The average Bonchev–Trinajstić information content (AvgIpc) is 2.69. The third kappa shape index (κ3) is 3.12. The molecule has 3 N–H and O–H groups in total. The van der Waals surface area contributed by atoms with Gasteiger partial charge in [-0.15, -0.1) is 0 Å². The molecule has 2 amide bonds. The van der Waals surface area contributed by atoms with Gasteiger partial charge in [-0.25, -0.2) is 0 Å². The van der Waals surface area contributed by atoms with E-state index in [2.05, 4.69) is 5.32 Å². The third-order valence-electron chi connectivity index (χ3n) is 3.32. The molecule has 19 heavy (non-hydrogen) atoms. The summed E-state index contributed by atoms with van der Waals surface area (Å²) >= 11 is 0. The summed E-state index contributed by atoms with van der Waals surface area (Å²) in [5.41, 5.74) is 8.36. The molecule has 102 valence electrons. The zero-order valence-electron chi connectivity index (χ0n) is 11.1. The number of nitrogens with two attached hydrogens (primary N) is 1. The highest BCUT2D eigenvalue weighted by Crippen LogP contribution is 2.28. The van der Waals surface area contributed by atoms with Crippen molar-refractivity contribution in [2.24, 2.45) is 5.73 Å². The van der Waals surface area contributed by atoms with Gasteiger partial charge < -0.3 is 16.0 Å². The lowest BCUT2D eigenvalue weighted by Gasteiger charge is -2.11. The standard InChI is InChI=1S/C14H19N3O2/c1-17-12-5-4-10(7-11(12)8-14(17)19)9-16-13(18)3-2-6-15/h4-5,7H,2-3,6,8-9,15H2,1H3,(H,16,18). The van der Waals surface area contributed by atoms with Crippen LogP contribution in [0.1, 0.15) is 24.0 Å². The molecule has 2 rings (SSSR count). The average molecular weight is 261 g/mol. The van der Waals surface area contributed by atoms with Crippen LogP contribution >= 0.6 is 0 Å². The van der Waals surface area contributed by atoms with Gasteiger partial charge in [0, 0.05) is 25.7 Å². The topological polar surface area (TPSA) is 75.4 Å². The highest BCUT2D eigenvalue weighted by Gasteiger charge is 2.23. The summed E-state index contributed by atoms with van der Waals surface area (Å²) in [6, 6.07) is 5.86. The molecule has 0 spiro atoms. The van der Waals surface area contributed by atoms with Gasteiger partial charge in [0.2, 0.25) is 11.8 Å². The second-order valence-electron chi connectivity index (χ2n) is 4.76. The SMILES string of the molecule is CN1C(=O)Cc2cc(CNC(=O)CCCN)ccc21. The van der Waals surface area contributed by atoms with Crippen molar-refractivity contribution in [2.75, 3.05) is 18.5 Å². The number of likely N-dealkylation sites (N-methyl/N-ethyl adjacent to an activating group) is 1. The highest BCUT2D eigenvalue weighted by atomic mass is 16.2. The molecule has 0 unspecified atom stereocenters. The van der Waals surface area contributed by atoms with E-state index in [0.717, 1.165) is 16.8 Å². The number of carbonyl (C=O) groups excluding carboxylic acids is 2. The number of benzene rings is 1. The molecule has 0 bridgehead atoms. The van der Waals surface area contributed by atoms with Gasteiger partial charge in [0.15, 0.2) is 0 Å². The molecule has 1 heterocycles. The first-order chi connectivity index (χ1) is 9.11. The van der Waals surface area contributed by atoms with E-state index in [1.54, 1.807) is 11.9 Å². The Hall–Kier alpha value is -1.88. The number of rotatable bonds is 5. The third-order valence-corrected chi connectivity index (χ3v) is 3.32. The van der Waals surface area contributed by atoms with Crippen LogP contribution in [0.3, 0.4) is 0 Å². The lowest BCUT2D eigenvalue weighted by molar-refractivity contribution is -0.121. The van der Waals surface area contributed by atoms with Gasteiger partial charge in [-0.3, -0.25) is 9.59 Å². The first kappa shape index (κ1) is 13.5. The molecule has 1 aliphatic heterocycles. The van der Waals surface area contributed by atoms with Gasteiger partial charge in [0.25, 0.3) is 0 Å². The van der Waals surface area contributed by atoms with Gasteiger partial charge in [-0.2, -0.15) is 0 Å². The van der Waals surface area contributed by atoms with Gasteiger partial charge in [-0.05, 0) is 30.2 Å². The minimum atomic E-state index is 0.0131. The molecule has 0 saturated carbocycles. The predicted molar refractivity (Wildman–Crippen MR) is 73.7 cm³/mol. The summed E-state index contributed by atoms with van der Waals surface area (Å²) in [4.78, 5) is 24.7. The van der Waals surface area contributed by atoms with Gasteiger partial charge in [0.05, 0.1) is 6.42 Å². The van der Waals surface area contributed by atoms with Crippen molar-refractivity contribution in [3.63, 3.8) is 0 Å². The number of hydrogen-bond donors (Lipinski definition) is 2. The molecule has 1 aromatic carbocycles. The Morgan fingerprint density at radius 2 is 2.26 bits per heavy atom. The fraction of sp³-hybridized carbons (Fsp3) is 0.429. The van der Waals surface area contributed by atoms with Crippen molar-refractivity contribution < 1.29 is 9.59 Å². The Balaban J connectivity index is 1.95. The monoisotopic (exact) mass is 261 g/mol. The molecular formula is C14H19N3O2. The number of nitrogens with one attached hydrogen (secondary N) is 1. The van der Waals surface area contributed by atoms with Crippen molar-refractivity contribution in [1.82, 2.24) is 5.32 Å². The van der Waals surface area contributed by atoms with Crippen molar-refractivity contribution in [1.29, 1.82) is 0 Å². The minimum absolute atomic E-state index is 0.0131. The fourth-order valence-electron chi connectivity index (χ4n) is 2.19. The van der Waals surface area contributed by atoms with Crippen LogP contribution in [0.25, 0.3) is 0 Å². The minimum Gasteiger partial charge on any atom is -0.352 e. The van der Waals surface area contributed by atoms with Crippen LogP contribution < -0.4 is 16.0 Å². The first-order valence-corrected chi connectivity index (χ1v) is 6.47. The number of anilines is 1. The van der Waals surface area contributed by atoms with Crippen LogP contribution in [0.4, 0.5) is 5.69 Å². The molecule has 0 aromatic heterocycles. The second-order valence-corrected chi connectivity index (χ2v) is 4.76. The molecule has 0 aliphatic carbocycles. The summed E-state index contributed by atoms with van der Waals surface area (Å²) in [7, 11) is 1.78. The molecule has 1 aliphatic rings. The Morgan fingerprint density at radius 1 is 1.47 bits per heavy atom. The molecular weight excluding hydrogens is 242 g/mol. The van der Waals surface area contributed by atoms with E-state index >= 15 is 0 Å². The summed E-state index contributed by atoms with van der Waals surface area (Å²) in [5.74, 6) is 0.123. The quantitative estimate of drug-likeness (QED) is 0.813. The molecule has 1 aromatic rings. The molecule has 0 radical (unpaired) electrons. The highest BCUT2D eigenvalue weighted by molar-refractivity contribution is 6.00. The Bertz CT molecular complexity index is 499. The van der Waals surface area contributed by atoms with Crippen LogP contribution in [0.5, 0.6) is 0 Å². The zero-order valence-corrected chi connectivity index (χ0v) is 11.1. The van der Waals surface area contributed by atoms with E-state index in [1.165, 1.54) is 0 Å². The molecule has 0 saturated heterocycles. The molecule has 5 heteroatoms. The number of hydrogen-bond acceptors (Lipinski definition) is 3. The van der Waals surface area contributed by atoms with Gasteiger partial charge in [-0.1, -0.05) is 12.1 Å². The van der Waals surface area contributed by atoms with Gasteiger partial charge >= 0.3 is 0 Å². The summed E-state index contributed by atoms with van der Waals surface area (Å²) < 4.78 is 0. The van der Waals surface area contributed by atoms with Crippen LogP contribution in [0, 0.1) is 0 Å². The van der Waals surface area contributed by atoms with Crippen molar-refractivity contribution in [3.8, 4) is 0 Å². The van der Waals surface area contributed by atoms with Crippen molar-refractivity contribution >= 4 is 17.5 Å². The largest absolute Gasteiger partial charge is 0.352 e. The fourth-order valence-corrected chi connectivity index (χ4v) is 2.19. The maximum atomic E-state index is 11.6. The summed E-state index contributed by atoms with van der Waals surface area (Å²) in [5, 5.41) is 2.85.